The molecule has 4 heteroatoms. The Morgan fingerprint density at radius 1 is 1.10 bits per heavy atom. The quantitative estimate of drug-likeness (QED) is 0.863. The number of nitrogens with zero attached hydrogens (tertiary/aromatic N) is 1. The van der Waals surface area contributed by atoms with Crippen molar-refractivity contribution in [3.05, 3.63) is 65.5 Å². The molecule has 102 valence electrons. The summed E-state index contributed by atoms with van der Waals surface area (Å²) >= 11 is 0. The number of para-hydroxylation sites is 1. The van der Waals surface area contributed by atoms with Crippen LogP contribution in [0.15, 0.2) is 48.5 Å². The molecule has 1 amide bonds. The van der Waals surface area contributed by atoms with Gasteiger partial charge in [0, 0.05) is 25.3 Å². The molecule has 0 fully saturated rings. The molecule has 0 saturated heterocycles. The molecular formula is C16H15FN2O. The van der Waals surface area contributed by atoms with Gasteiger partial charge in [-0.05, 0) is 23.8 Å². The molecule has 0 aliphatic carbocycles. The predicted molar refractivity (Wildman–Crippen MR) is 76.2 cm³/mol. The third kappa shape index (κ3) is 2.30. The van der Waals surface area contributed by atoms with Crippen LogP contribution in [0.5, 0.6) is 0 Å². The number of hydrogen-bond acceptors (Lipinski definition) is 2. The van der Waals surface area contributed by atoms with Gasteiger partial charge in [-0.25, -0.2) is 4.39 Å². The van der Waals surface area contributed by atoms with Gasteiger partial charge in [-0.3, -0.25) is 4.79 Å². The highest BCUT2D eigenvalue weighted by Gasteiger charge is 2.23. The van der Waals surface area contributed by atoms with Crippen LogP contribution < -0.4 is 10.2 Å². The zero-order valence-corrected chi connectivity index (χ0v) is 11.0. The number of rotatable bonds is 1. The number of fused-ring (bicyclic) bond motifs is 1. The van der Waals surface area contributed by atoms with E-state index in [1.807, 2.05) is 24.3 Å². The molecule has 0 spiro atoms. The number of halogens is 1. The summed E-state index contributed by atoms with van der Waals surface area (Å²) in [4.78, 5) is 14.2. The van der Waals surface area contributed by atoms with Gasteiger partial charge in [0.25, 0.3) is 5.91 Å². The number of nitrogens with one attached hydrogen (secondary N) is 1. The fourth-order valence-electron chi connectivity index (χ4n) is 2.45. The van der Waals surface area contributed by atoms with E-state index in [0.29, 0.717) is 13.1 Å². The van der Waals surface area contributed by atoms with Gasteiger partial charge in [0.2, 0.25) is 0 Å². The zero-order chi connectivity index (χ0) is 13.9. The van der Waals surface area contributed by atoms with E-state index in [4.69, 9.17) is 0 Å². The molecule has 3 rings (SSSR count). The lowest BCUT2D eigenvalue weighted by atomic mass is 10.1. The van der Waals surface area contributed by atoms with E-state index in [1.54, 1.807) is 17.0 Å². The summed E-state index contributed by atoms with van der Waals surface area (Å²) in [6, 6.07) is 13.8. The highest BCUT2D eigenvalue weighted by Crippen LogP contribution is 2.24. The van der Waals surface area contributed by atoms with Gasteiger partial charge in [0.05, 0.1) is 5.56 Å². The Kier molecular flexibility index (Phi) is 3.48. The van der Waals surface area contributed by atoms with Crippen molar-refractivity contribution in [1.29, 1.82) is 0 Å². The SMILES string of the molecule is O=C(c1ccccc1F)N1CCNCc2ccccc21. The monoisotopic (exact) mass is 270 g/mol. The Balaban J connectivity index is 2.02. The Hall–Kier alpha value is -2.20. The minimum atomic E-state index is -0.479. The fourth-order valence-corrected chi connectivity index (χ4v) is 2.45. The van der Waals surface area contributed by atoms with Crippen LogP contribution in [0.4, 0.5) is 10.1 Å². The summed E-state index contributed by atoms with van der Waals surface area (Å²) < 4.78 is 13.8. The Labute approximate surface area is 117 Å². The van der Waals surface area contributed by atoms with Crippen molar-refractivity contribution < 1.29 is 9.18 Å². The standard InChI is InChI=1S/C16H15FN2O/c17-14-7-3-2-6-13(14)16(20)19-10-9-18-11-12-5-1-4-8-15(12)19/h1-8,18H,9-11H2. The van der Waals surface area contributed by atoms with E-state index in [0.717, 1.165) is 17.8 Å². The topological polar surface area (TPSA) is 32.3 Å². The first-order valence-electron chi connectivity index (χ1n) is 6.62. The van der Waals surface area contributed by atoms with Crippen molar-refractivity contribution >= 4 is 11.6 Å². The highest BCUT2D eigenvalue weighted by molar-refractivity contribution is 6.06. The summed E-state index contributed by atoms with van der Waals surface area (Å²) in [5.41, 5.74) is 2.02. The molecule has 1 aliphatic heterocycles. The van der Waals surface area contributed by atoms with Gasteiger partial charge < -0.3 is 10.2 Å². The van der Waals surface area contributed by atoms with Gasteiger partial charge >= 0.3 is 0 Å². The molecule has 1 heterocycles. The van der Waals surface area contributed by atoms with Gasteiger partial charge in [-0.2, -0.15) is 0 Å². The van der Waals surface area contributed by atoms with Crippen molar-refractivity contribution in [2.24, 2.45) is 0 Å². The number of carbonyl (C=O) groups excluding carboxylic acids is 1. The largest absolute Gasteiger partial charge is 0.311 e. The molecular weight excluding hydrogens is 255 g/mol. The highest BCUT2D eigenvalue weighted by atomic mass is 19.1. The number of amides is 1. The Morgan fingerprint density at radius 2 is 1.85 bits per heavy atom. The van der Waals surface area contributed by atoms with Crippen molar-refractivity contribution in [3.63, 3.8) is 0 Å². The number of hydrogen-bond donors (Lipinski definition) is 1. The van der Waals surface area contributed by atoms with Crippen molar-refractivity contribution in [2.75, 3.05) is 18.0 Å². The Bertz CT molecular complexity index is 642. The second-order valence-corrected chi connectivity index (χ2v) is 4.74. The summed E-state index contributed by atoms with van der Waals surface area (Å²) in [6.45, 7) is 1.94. The smallest absolute Gasteiger partial charge is 0.261 e. The molecule has 0 radical (unpaired) electrons. The van der Waals surface area contributed by atoms with E-state index >= 15 is 0 Å². The molecule has 1 N–H and O–H groups in total. The summed E-state index contributed by atoms with van der Waals surface area (Å²) in [5.74, 6) is -0.772. The van der Waals surface area contributed by atoms with Crippen LogP contribution in [0, 0.1) is 5.82 Å². The van der Waals surface area contributed by atoms with E-state index < -0.39 is 5.82 Å². The maximum Gasteiger partial charge on any atom is 0.261 e. The summed E-state index contributed by atoms with van der Waals surface area (Å²) in [7, 11) is 0. The lowest BCUT2D eigenvalue weighted by Gasteiger charge is -2.22. The van der Waals surface area contributed by atoms with Crippen LogP contribution in [0.1, 0.15) is 15.9 Å². The number of benzene rings is 2. The Morgan fingerprint density at radius 3 is 2.70 bits per heavy atom. The van der Waals surface area contributed by atoms with E-state index in [9.17, 15) is 9.18 Å². The second-order valence-electron chi connectivity index (χ2n) is 4.74. The van der Waals surface area contributed by atoms with Crippen molar-refractivity contribution in [2.45, 2.75) is 6.54 Å². The van der Waals surface area contributed by atoms with Crippen LogP contribution in [0.2, 0.25) is 0 Å². The zero-order valence-electron chi connectivity index (χ0n) is 11.0. The first kappa shape index (κ1) is 12.8. The second kappa shape index (κ2) is 5.43. The molecule has 3 nitrogen and oxygen atoms in total. The van der Waals surface area contributed by atoms with E-state index in [-0.39, 0.29) is 11.5 Å². The van der Waals surface area contributed by atoms with Gasteiger partial charge in [-0.15, -0.1) is 0 Å². The predicted octanol–water partition coefficient (Wildman–Crippen LogP) is 2.58. The van der Waals surface area contributed by atoms with Crippen LogP contribution in [-0.4, -0.2) is 19.0 Å². The molecule has 0 aromatic heterocycles. The molecule has 0 atom stereocenters. The van der Waals surface area contributed by atoms with Gasteiger partial charge in [0.1, 0.15) is 5.82 Å². The average Bonchev–Trinajstić information content (AvgIpc) is 2.69. The maximum atomic E-state index is 13.8. The summed E-state index contributed by atoms with van der Waals surface area (Å²) in [6.07, 6.45) is 0. The number of anilines is 1. The minimum Gasteiger partial charge on any atom is -0.311 e. The fraction of sp³-hybridized carbons (Fsp3) is 0.188. The third-order valence-corrected chi connectivity index (χ3v) is 3.46. The van der Waals surface area contributed by atoms with Crippen LogP contribution in [-0.2, 0) is 6.54 Å². The van der Waals surface area contributed by atoms with Crippen LogP contribution in [0.3, 0.4) is 0 Å². The maximum absolute atomic E-state index is 13.8. The molecule has 2 aromatic rings. The van der Waals surface area contributed by atoms with E-state index in [1.165, 1.54) is 12.1 Å². The molecule has 0 unspecified atom stereocenters. The normalized spacial score (nSPS) is 14.6. The molecule has 1 aliphatic rings. The van der Waals surface area contributed by atoms with Gasteiger partial charge in [-0.1, -0.05) is 30.3 Å². The molecule has 0 saturated carbocycles. The molecule has 2 aromatic carbocycles. The van der Waals surface area contributed by atoms with E-state index in [2.05, 4.69) is 5.32 Å². The summed E-state index contributed by atoms with van der Waals surface area (Å²) in [5, 5.41) is 3.27. The number of carbonyl (C=O) groups is 1. The lowest BCUT2D eigenvalue weighted by molar-refractivity contribution is 0.0983. The first-order chi connectivity index (χ1) is 9.77. The van der Waals surface area contributed by atoms with Crippen molar-refractivity contribution in [1.82, 2.24) is 5.32 Å². The van der Waals surface area contributed by atoms with Crippen LogP contribution in [0.25, 0.3) is 0 Å². The third-order valence-electron chi connectivity index (χ3n) is 3.46. The minimum absolute atomic E-state index is 0.115. The van der Waals surface area contributed by atoms with Gasteiger partial charge in [0.15, 0.2) is 0 Å². The van der Waals surface area contributed by atoms with Crippen molar-refractivity contribution in [3.8, 4) is 0 Å². The lowest BCUT2D eigenvalue weighted by Crippen LogP contribution is -2.35. The first-order valence-corrected chi connectivity index (χ1v) is 6.62. The molecule has 0 bridgehead atoms. The van der Waals surface area contributed by atoms with Crippen LogP contribution >= 0.6 is 0 Å². The molecule has 20 heavy (non-hydrogen) atoms. The average molecular weight is 270 g/mol.